The van der Waals surface area contributed by atoms with Crippen molar-refractivity contribution in [3.63, 3.8) is 0 Å². The minimum atomic E-state index is -2.04. The van der Waals surface area contributed by atoms with Gasteiger partial charge in [-0.05, 0) is 46.0 Å². The molecule has 1 aliphatic rings. The zero-order valence-corrected chi connectivity index (χ0v) is 13.9. The molecular formula is C14H29NO3Si. The average molecular weight is 287 g/mol. The van der Waals surface area contributed by atoms with E-state index in [2.05, 4.69) is 31.9 Å². The van der Waals surface area contributed by atoms with Crippen molar-refractivity contribution >= 4 is 8.56 Å². The molecule has 1 heterocycles. The molecule has 0 aliphatic carbocycles. The quantitative estimate of drug-likeness (QED) is 0.703. The van der Waals surface area contributed by atoms with Crippen molar-refractivity contribution in [3.8, 4) is 0 Å². The van der Waals surface area contributed by atoms with Crippen LogP contribution in [-0.2, 0) is 13.6 Å². The lowest BCUT2D eigenvalue weighted by atomic mass is 10.3. The molecule has 0 N–H and O–H groups in total. The second-order valence-corrected chi connectivity index (χ2v) is 8.75. The van der Waals surface area contributed by atoms with Crippen molar-refractivity contribution in [1.29, 1.82) is 0 Å². The summed E-state index contributed by atoms with van der Waals surface area (Å²) in [4.78, 5) is 2.19. The van der Waals surface area contributed by atoms with Crippen LogP contribution in [0.15, 0.2) is 12.8 Å². The van der Waals surface area contributed by atoms with Crippen LogP contribution in [0, 0.1) is 0 Å². The molecule has 0 radical (unpaired) electrons. The Hall–Kier alpha value is -0.363. The van der Waals surface area contributed by atoms with Crippen molar-refractivity contribution in [2.75, 3.05) is 26.4 Å². The minimum absolute atomic E-state index is 0.0731. The lowest BCUT2D eigenvalue weighted by Crippen LogP contribution is -2.48. The highest BCUT2D eigenvalue weighted by molar-refractivity contribution is 6.66. The first-order valence-corrected chi connectivity index (χ1v) is 9.81. The van der Waals surface area contributed by atoms with Gasteiger partial charge in [0.2, 0.25) is 0 Å². The van der Waals surface area contributed by atoms with E-state index in [4.69, 9.17) is 13.6 Å². The zero-order chi connectivity index (χ0) is 14.3. The molecule has 0 bridgehead atoms. The maximum absolute atomic E-state index is 6.30. The van der Waals surface area contributed by atoms with E-state index in [0.29, 0.717) is 12.6 Å². The maximum Gasteiger partial charge on any atom is 0.335 e. The first-order chi connectivity index (χ1) is 9.00. The van der Waals surface area contributed by atoms with Crippen LogP contribution in [0.2, 0.25) is 12.6 Å². The molecule has 0 saturated carbocycles. The van der Waals surface area contributed by atoms with Gasteiger partial charge in [-0.15, -0.1) is 0 Å². The van der Waals surface area contributed by atoms with E-state index in [1.54, 1.807) is 0 Å². The Balaban J connectivity index is 2.65. The van der Waals surface area contributed by atoms with Gasteiger partial charge in [-0.3, -0.25) is 0 Å². The molecule has 0 aromatic carbocycles. The van der Waals surface area contributed by atoms with Crippen LogP contribution in [0.1, 0.15) is 27.2 Å². The van der Waals surface area contributed by atoms with Crippen LogP contribution in [0.5, 0.6) is 0 Å². The summed E-state index contributed by atoms with van der Waals surface area (Å²) in [5.41, 5.74) is 0. The summed E-state index contributed by atoms with van der Waals surface area (Å²) >= 11 is 0. The second-order valence-electron chi connectivity index (χ2n) is 5.46. The Labute approximate surface area is 119 Å². The second kappa shape index (κ2) is 8.04. The summed E-state index contributed by atoms with van der Waals surface area (Å²) in [6.45, 7) is 15.4. The molecule has 4 nitrogen and oxygen atoms in total. The van der Waals surface area contributed by atoms with E-state index in [0.717, 1.165) is 32.2 Å². The summed E-state index contributed by atoms with van der Waals surface area (Å²) in [5.74, 6) is 0. The van der Waals surface area contributed by atoms with Crippen LogP contribution in [0.4, 0.5) is 0 Å². The van der Waals surface area contributed by atoms with Crippen LogP contribution < -0.4 is 0 Å². The SMILES string of the molecule is C=CN(CC1COCCC[Si](C)(OCC)O1)C(C)C. The third-order valence-corrected chi connectivity index (χ3v) is 6.39. The normalized spacial score (nSPS) is 28.8. The van der Waals surface area contributed by atoms with Gasteiger partial charge in [-0.25, -0.2) is 0 Å². The largest absolute Gasteiger partial charge is 0.395 e. The van der Waals surface area contributed by atoms with Gasteiger partial charge in [0.05, 0.1) is 12.7 Å². The van der Waals surface area contributed by atoms with Crippen LogP contribution in [0.25, 0.3) is 0 Å². The first kappa shape index (κ1) is 16.7. The Morgan fingerprint density at radius 2 is 2.26 bits per heavy atom. The molecule has 5 heteroatoms. The van der Waals surface area contributed by atoms with E-state index < -0.39 is 8.56 Å². The fourth-order valence-electron chi connectivity index (χ4n) is 2.39. The molecule has 0 aromatic rings. The summed E-state index contributed by atoms with van der Waals surface area (Å²) in [7, 11) is -2.04. The fourth-order valence-corrected chi connectivity index (χ4v) is 4.96. The van der Waals surface area contributed by atoms with Crippen molar-refractivity contribution in [1.82, 2.24) is 4.90 Å². The van der Waals surface area contributed by atoms with E-state index in [9.17, 15) is 0 Å². The Morgan fingerprint density at radius 1 is 1.53 bits per heavy atom. The molecule has 0 aromatic heterocycles. The number of nitrogens with zero attached hydrogens (tertiary/aromatic N) is 1. The molecule has 1 aliphatic heterocycles. The summed E-state index contributed by atoms with van der Waals surface area (Å²) in [5, 5.41) is 0. The number of hydrogen-bond acceptors (Lipinski definition) is 4. The van der Waals surface area contributed by atoms with Gasteiger partial charge in [-0.1, -0.05) is 6.58 Å². The highest BCUT2D eigenvalue weighted by Crippen LogP contribution is 2.21. The van der Waals surface area contributed by atoms with Crippen molar-refractivity contribution in [2.45, 2.75) is 51.9 Å². The molecule has 0 spiro atoms. The molecule has 1 saturated heterocycles. The van der Waals surface area contributed by atoms with E-state index in [-0.39, 0.29) is 6.10 Å². The smallest absolute Gasteiger partial charge is 0.335 e. The highest BCUT2D eigenvalue weighted by atomic mass is 28.4. The number of hydrogen-bond donors (Lipinski definition) is 0. The Morgan fingerprint density at radius 3 is 2.84 bits per heavy atom. The standard InChI is InChI=1S/C14H29NO3Si/c1-6-15(13(3)4)11-14-12-16-9-8-10-19(5,18-14)17-7-2/h6,13-14H,1,7-12H2,2-5H3. The number of rotatable bonds is 6. The van der Waals surface area contributed by atoms with Gasteiger partial charge >= 0.3 is 8.56 Å². The molecule has 19 heavy (non-hydrogen) atoms. The third-order valence-electron chi connectivity index (χ3n) is 3.40. The summed E-state index contributed by atoms with van der Waals surface area (Å²) < 4.78 is 17.9. The fraction of sp³-hybridized carbons (Fsp3) is 0.857. The first-order valence-electron chi connectivity index (χ1n) is 7.28. The van der Waals surface area contributed by atoms with Gasteiger partial charge in [0, 0.05) is 25.8 Å². The average Bonchev–Trinajstić information content (AvgIpc) is 2.32. The van der Waals surface area contributed by atoms with Crippen molar-refractivity contribution < 1.29 is 13.6 Å². The lowest BCUT2D eigenvalue weighted by Gasteiger charge is -2.36. The topological polar surface area (TPSA) is 30.9 Å². The molecule has 1 rings (SSSR count). The summed E-state index contributed by atoms with van der Waals surface area (Å²) in [6.07, 6.45) is 2.99. The van der Waals surface area contributed by atoms with Gasteiger partial charge < -0.3 is 18.5 Å². The molecular weight excluding hydrogens is 258 g/mol. The Bertz CT molecular complexity index is 275. The van der Waals surface area contributed by atoms with Gasteiger partial charge in [-0.2, -0.15) is 0 Å². The van der Waals surface area contributed by atoms with Crippen LogP contribution >= 0.6 is 0 Å². The molecule has 1 fully saturated rings. The predicted octanol–water partition coefficient (Wildman–Crippen LogP) is 2.75. The molecule has 2 unspecified atom stereocenters. The molecule has 0 amide bonds. The van der Waals surface area contributed by atoms with Crippen LogP contribution in [0.3, 0.4) is 0 Å². The lowest BCUT2D eigenvalue weighted by molar-refractivity contribution is 0.000833. The maximum atomic E-state index is 6.30. The molecule has 112 valence electrons. The number of ether oxygens (including phenoxy) is 1. The van der Waals surface area contributed by atoms with E-state index in [1.165, 1.54) is 0 Å². The van der Waals surface area contributed by atoms with Gasteiger partial charge in [0.1, 0.15) is 0 Å². The third kappa shape index (κ3) is 5.65. The van der Waals surface area contributed by atoms with Crippen molar-refractivity contribution in [3.05, 3.63) is 12.8 Å². The Kier molecular flexibility index (Phi) is 7.06. The zero-order valence-electron chi connectivity index (χ0n) is 12.9. The highest BCUT2D eigenvalue weighted by Gasteiger charge is 2.35. The predicted molar refractivity (Wildman–Crippen MR) is 80.4 cm³/mol. The van der Waals surface area contributed by atoms with Gasteiger partial charge in [0.15, 0.2) is 0 Å². The van der Waals surface area contributed by atoms with Crippen molar-refractivity contribution in [2.24, 2.45) is 0 Å². The summed E-state index contributed by atoms with van der Waals surface area (Å²) in [6, 6.07) is 1.43. The van der Waals surface area contributed by atoms with Gasteiger partial charge in [0.25, 0.3) is 0 Å². The van der Waals surface area contributed by atoms with Crippen LogP contribution in [-0.4, -0.2) is 52.0 Å². The molecule has 2 atom stereocenters. The van der Waals surface area contributed by atoms with E-state index >= 15 is 0 Å². The van der Waals surface area contributed by atoms with E-state index in [1.807, 2.05) is 13.1 Å². The minimum Gasteiger partial charge on any atom is -0.395 e. The monoisotopic (exact) mass is 287 g/mol.